The SMILES string of the molecule is C1=C2OCC2NC1. The second-order valence-corrected chi connectivity index (χ2v) is 1.88. The lowest BCUT2D eigenvalue weighted by molar-refractivity contribution is 0.0864. The molecule has 0 bridgehead atoms. The molecule has 1 fully saturated rings. The molecule has 0 aromatic heterocycles. The highest BCUT2D eigenvalue weighted by Gasteiger charge is 2.28. The maximum Gasteiger partial charge on any atom is 0.114 e. The van der Waals surface area contributed by atoms with Crippen LogP contribution in [-0.4, -0.2) is 19.2 Å². The molecule has 2 aliphatic rings. The first-order chi connectivity index (χ1) is 3.47. The monoisotopic (exact) mass is 97.1 g/mol. The lowest BCUT2D eigenvalue weighted by atomic mass is 10.2. The summed E-state index contributed by atoms with van der Waals surface area (Å²) in [4.78, 5) is 0. The molecule has 2 heterocycles. The molecule has 1 atom stereocenters. The van der Waals surface area contributed by atoms with Gasteiger partial charge in [0.25, 0.3) is 0 Å². The highest BCUT2D eigenvalue weighted by atomic mass is 16.5. The molecule has 1 N–H and O–H groups in total. The Morgan fingerprint density at radius 3 is 3.14 bits per heavy atom. The van der Waals surface area contributed by atoms with Crippen LogP contribution in [0.3, 0.4) is 0 Å². The van der Waals surface area contributed by atoms with Gasteiger partial charge in [-0.15, -0.1) is 0 Å². The molecule has 1 saturated heterocycles. The summed E-state index contributed by atoms with van der Waals surface area (Å²) in [6, 6.07) is 0.583. The van der Waals surface area contributed by atoms with Gasteiger partial charge < -0.3 is 10.1 Å². The maximum absolute atomic E-state index is 5.05. The second-order valence-electron chi connectivity index (χ2n) is 1.88. The Hall–Kier alpha value is -0.500. The van der Waals surface area contributed by atoms with Gasteiger partial charge in [0.2, 0.25) is 0 Å². The third-order valence-electron chi connectivity index (χ3n) is 1.43. The number of rotatable bonds is 0. The van der Waals surface area contributed by atoms with E-state index in [1.165, 1.54) is 0 Å². The number of nitrogens with one attached hydrogen (secondary N) is 1. The van der Waals surface area contributed by atoms with Gasteiger partial charge in [-0.05, 0) is 6.08 Å². The largest absolute Gasteiger partial charge is 0.494 e. The van der Waals surface area contributed by atoms with E-state index in [1.54, 1.807) is 0 Å². The number of hydrogen-bond donors (Lipinski definition) is 1. The molecule has 2 nitrogen and oxygen atoms in total. The molecule has 0 spiro atoms. The summed E-state index contributed by atoms with van der Waals surface area (Å²) >= 11 is 0. The van der Waals surface area contributed by atoms with Gasteiger partial charge in [0.05, 0.1) is 6.04 Å². The average molecular weight is 97.1 g/mol. The molecule has 2 aliphatic heterocycles. The van der Waals surface area contributed by atoms with Crippen molar-refractivity contribution < 1.29 is 4.74 Å². The summed E-state index contributed by atoms with van der Waals surface area (Å²) in [6.07, 6.45) is 2.09. The van der Waals surface area contributed by atoms with Crippen LogP contribution in [0.5, 0.6) is 0 Å². The summed E-state index contributed by atoms with van der Waals surface area (Å²) in [7, 11) is 0. The van der Waals surface area contributed by atoms with Crippen molar-refractivity contribution in [1.29, 1.82) is 0 Å². The number of ether oxygens (including phenoxy) is 1. The second kappa shape index (κ2) is 1.01. The van der Waals surface area contributed by atoms with E-state index in [2.05, 4.69) is 11.4 Å². The van der Waals surface area contributed by atoms with Crippen molar-refractivity contribution >= 4 is 0 Å². The fraction of sp³-hybridized carbons (Fsp3) is 0.600. The molecular formula is C5H7NO. The Morgan fingerprint density at radius 1 is 1.86 bits per heavy atom. The lowest BCUT2D eigenvalue weighted by Gasteiger charge is -2.25. The summed E-state index contributed by atoms with van der Waals surface area (Å²) in [6.45, 7) is 1.88. The quantitative estimate of drug-likeness (QED) is 0.454. The first kappa shape index (κ1) is 3.50. The molecule has 0 radical (unpaired) electrons. The third kappa shape index (κ3) is 0.320. The summed E-state index contributed by atoms with van der Waals surface area (Å²) in [5.41, 5.74) is 0. The van der Waals surface area contributed by atoms with E-state index in [9.17, 15) is 0 Å². The van der Waals surface area contributed by atoms with E-state index in [-0.39, 0.29) is 0 Å². The molecule has 2 rings (SSSR count). The van der Waals surface area contributed by atoms with Crippen molar-refractivity contribution in [3.63, 3.8) is 0 Å². The predicted octanol–water partition coefficient (Wildman–Crippen LogP) is -0.128. The van der Waals surface area contributed by atoms with Crippen LogP contribution in [0, 0.1) is 0 Å². The van der Waals surface area contributed by atoms with Gasteiger partial charge in [-0.1, -0.05) is 0 Å². The summed E-state index contributed by atoms with van der Waals surface area (Å²) in [5, 5.41) is 3.24. The molecule has 0 aliphatic carbocycles. The van der Waals surface area contributed by atoms with Crippen molar-refractivity contribution in [2.75, 3.05) is 13.2 Å². The van der Waals surface area contributed by atoms with Gasteiger partial charge in [0.1, 0.15) is 12.4 Å². The minimum absolute atomic E-state index is 0.583. The normalized spacial score (nSPS) is 35.4. The van der Waals surface area contributed by atoms with E-state index >= 15 is 0 Å². The highest BCUT2D eigenvalue weighted by molar-refractivity contribution is 5.16. The average Bonchev–Trinajstić information content (AvgIpc) is 1.85. The Balaban J connectivity index is 2.21. The zero-order valence-electron chi connectivity index (χ0n) is 3.98. The van der Waals surface area contributed by atoms with Gasteiger partial charge in [-0.3, -0.25) is 0 Å². The van der Waals surface area contributed by atoms with Crippen LogP contribution in [0.15, 0.2) is 11.8 Å². The van der Waals surface area contributed by atoms with Crippen molar-refractivity contribution in [1.82, 2.24) is 5.32 Å². The molecule has 0 saturated carbocycles. The molecular weight excluding hydrogens is 90.1 g/mol. The zero-order chi connectivity index (χ0) is 4.69. The van der Waals surface area contributed by atoms with Crippen molar-refractivity contribution in [2.45, 2.75) is 6.04 Å². The van der Waals surface area contributed by atoms with E-state index in [0.29, 0.717) is 6.04 Å². The topological polar surface area (TPSA) is 21.3 Å². The maximum atomic E-state index is 5.05. The zero-order valence-corrected chi connectivity index (χ0v) is 3.98. The van der Waals surface area contributed by atoms with Crippen LogP contribution in [0.1, 0.15) is 0 Å². The van der Waals surface area contributed by atoms with Crippen LogP contribution in [0.4, 0.5) is 0 Å². The van der Waals surface area contributed by atoms with Gasteiger partial charge in [-0.25, -0.2) is 0 Å². The van der Waals surface area contributed by atoms with Crippen LogP contribution < -0.4 is 5.32 Å². The third-order valence-corrected chi connectivity index (χ3v) is 1.43. The molecule has 0 amide bonds. The summed E-state index contributed by atoms with van der Waals surface area (Å²) < 4.78 is 5.05. The Morgan fingerprint density at radius 2 is 2.86 bits per heavy atom. The van der Waals surface area contributed by atoms with Crippen molar-refractivity contribution in [2.24, 2.45) is 0 Å². The van der Waals surface area contributed by atoms with Crippen LogP contribution >= 0.6 is 0 Å². The number of fused-ring (bicyclic) bond motifs is 1. The standard InChI is InChI=1S/C5H7NO/c1-2-6-4-3-7-5(1)4/h1,4,6H,2-3H2. The minimum atomic E-state index is 0.583. The van der Waals surface area contributed by atoms with Gasteiger partial charge >= 0.3 is 0 Å². The molecule has 38 valence electrons. The molecule has 7 heavy (non-hydrogen) atoms. The van der Waals surface area contributed by atoms with E-state index in [4.69, 9.17) is 4.74 Å². The smallest absolute Gasteiger partial charge is 0.114 e. The van der Waals surface area contributed by atoms with Gasteiger partial charge in [-0.2, -0.15) is 0 Å². The number of hydrogen-bond acceptors (Lipinski definition) is 2. The van der Waals surface area contributed by atoms with E-state index < -0.39 is 0 Å². The first-order valence-corrected chi connectivity index (χ1v) is 2.53. The lowest BCUT2D eigenvalue weighted by Crippen LogP contribution is -2.38. The predicted molar refractivity (Wildman–Crippen MR) is 25.8 cm³/mol. The molecule has 0 aromatic carbocycles. The molecule has 0 aromatic rings. The molecule has 2 heteroatoms. The van der Waals surface area contributed by atoms with Crippen LogP contribution in [0.2, 0.25) is 0 Å². The molecule has 1 unspecified atom stereocenters. The Bertz CT molecular complexity index is 119. The minimum Gasteiger partial charge on any atom is -0.494 e. The van der Waals surface area contributed by atoms with Crippen LogP contribution in [-0.2, 0) is 4.74 Å². The van der Waals surface area contributed by atoms with Gasteiger partial charge in [0, 0.05) is 6.54 Å². The summed E-state index contributed by atoms with van der Waals surface area (Å²) in [5.74, 6) is 1.15. The van der Waals surface area contributed by atoms with Crippen LogP contribution in [0.25, 0.3) is 0 Å². The van der Waals surface area contributed by atoms with Crippen molar-refractivity contribution in [3.05, 3.63) is 11.8 Å². The Labute approximate surface area is 42.2 Å². The van der Waals surface area contributed by atoms with Crippen molar-refractivity contribution in [3.8, 4) is 0 Å². The Kier molecular flexibility index (Phi) is 0.504. The highest BCUT2D eigenvalue weighted by Crippen LogP contribution is 2.19. The van der Waals surface area contributed by atoms with Gasteiger partial charge in [0.15, 0.2) is 0 Å². The van der Waals surface area contributed by atoms with E-state index in [1.807, 2.05) is 0 Å². The van der Waals surface area contributed by atoms with E-state index in [0.717, 1.165) is 18.9 Å². The fourth-order valence-corrected chi connectivity index (χ4v) is 0.925. The fourth-order valence-electron chi connectivity index (χ4n) is 0.925. The first-order valence-electron chi connectivity index (χ1n) is 2.53.